The summed E-state index contributed by atoms with van der Waals surface area (Å²) in [5.74, 6) is 0.773. The number of carbonyl (C=O) groups excluding carboxylic acids is 2. The van der Waals surface area contributed by atoms with Crippen molar-refractivity contribution in [1.29, 1.82) is 0 Å². The molecule has 3 rings (SSSR count). The van der Waals surface area contributed by atoms with Gasteiger partial charge >= 0.3 is 6.09 Å². The van der Waals surface area contributed by atoms with Crippen LogP contribution in [-0.4, -0.2) is 82.7 Å². The fraction of sp³-hybridized carbons (Fsp3) is 0.739. The Labute approximate surface area is 180 Å². The van der Waals surface area contributed by atoms with E-state index in [0.29, 0.717) is 19.0 Å². The number of piperazine rings is 1. The van der Waals surface area contributed by atoms with Crippen LogP contribution < -0.4 is 0 Å². The Morgan fingerprint density at radius 1 is 1.03 bits per heavy atom. The quantitative estimate of drug-likeness (QED) is 0.751. The van der Waals surface area contributed by atoms with Crippen molar-refractivity contribution in [3.05, 3.63) is 24.0 Å². The molecule has 2 amide bonds. The number of rotatable bonds is 4. The number of ether oxygens (including phenoxy) is 1. The van der Waals surface area contributed by atoms with Crippen LogP contribution in [0.15, 0.2) is 18.3 Å². The van der Waals surface area contributed by atoms with Gasteiger partial charge in [0.15, 0.2) is 0 Å². The Bertz CT molecular complexity index is 721. The second kappa shape index (κ2) is 9.41. The largest absolute Gasteiger partial charge is 0.444 e. The van der Waals surface area contributed by atoms with Gasteiger partial charge in [-0.1, -0.05) is 13.8 Å². The van der Waals surface area contributed by atoms with Crippen molar-refractivity contribution in [1.82, 2.24) is 19.3 Å². The molecule has 0 bridgehead atoms. The lowest BCUT2D eigenvalue weighted by Crippen LogP contribution is -2.50. The first kappa shape index (κ1) is 22.7. The minimum atomic E-state index is -0.479. The van der Waals surface area contributed by atoms with Crippen molar-refractivity contribution in [3.8, 4) is 0 Å². The predicted molar refractivity (Wildman–Crippen MR) is 118 cm³/mol. The van der Waals surface area contributed by atoms with Gasteiger partial charge in [0, 0.05) is 58.1 Å². The summed E-state index contributed by atoms with van der Waals surface area (Å²) in [5.41, 5.74) is 0.288. The molecule has 2 aliphatic rings. The zero-order valence-corrected chi connectivity index (χ0v) is 19.3. The zero-order valence-electron chi connectivity index (χ0n) is 19.3. The van der Waals surface area contributed by atoms with Crippen molar-refractivity contribution in [2.75, 3.05) is 45.8 Å². The molecule has 2 aliphatic heterocycles. The summed E-state index contributed by atoms with van der Waals surface area (Å²) in [6.45, 7) is 16.0. The van der Waals surface area contributed by atoms with Crippen LogP contribution in [0.4, 0.5) is 4.79 Å². The number of hydrogen-bond donors (Lipinski definition) is 0. The number of piperidine rings is 1. The van der Waals surface area contributed by atoms with Crippen LogP contribution in [0.2, 0.25) is 0 Å². The lowest BCUT2D eigenvalue weighted by atomic mass is 10.0. The molecule has 3 heterocycles. The van der Waals surface area contributed by atoms with Crippen molar-refractivity contribution < 1.29 is 14.3 Å². The van der Waals surface area contributed by atoms with Gasteiger partial charge in [-0.2, -0.15) is 0 Å². The van der Waals surface area contributed by atoms with Crippen molar-refractivity contribution in [2.24, 2.45) is 5.92 Å². The highest BCUT2D eigenvalue weighted by Crippen LogP contribution is 2.26. The monoisotopic (exact) mass is 418 g/mol. The molecule has 2 fully saturated rings. The Kier molecular flexibility index (Phi) is 7.11. The summed E-state index contributed by atoms with van der Waals surface area (Å²) in [6, 6.07) is 4.13. The van der Waals surface area contributed by atoms with E-state index in [9.17, 15) is 9.59 Å². The third-order valence-corrected chi connectivity index (χ3v) is 5.79. The van der Waals surface area contributed by atoms with E-state index in [1.165, 1.54) is 0 Å². The van der Waals surface area contributed by atoms with Gasteiger partial charge in [0.1, 0.15) is 11.3 Å². The number of amides is 2. The minimum absolute atomic E-state index is 0.124. The highest BCUT2D eigenvalue weighted by atomic mass is 16.6. The number of carbonyl (C=O) groups is 2. The van der Waals surface area contributed by atoms with Crippen LogP contribution >= 0.6 is 0 Å². The van der Waals surface area contributed by atoms with Gasteiger partial charge in [-0.15, -0.1) is 0 Å². The summed E-state index contributed by atoms with van der Waals surface area (Å²) in [6.07, 6.45) is 3.42. The fourth-order valence-corrected chi connectivity index (χ4v) is 4.36. The molecule has 7 nitrogen and oxygen atoms in total. The normalized spacial score (nSPS) is 19.4. The maximum Gasteiger partial charge on any atom is 0.410 e. The molecule has 0 radical (unpaired) electrons. The molecule has 0 unspecified atom stereocenters. The van der Waals surface area contributed by atoms with E-state index in [2.05, 4.69) is 23.3 Å². The summed E-state index contributed by atoms with van der Waals surface area (Å²) >= 11 is 0. The molecule has 2 saturated heterocycles. The van der Waals surface area contributed by atoms with Gasteiger partial charge < -0.3 is 19.1 Å². The standard InChI is InChI=1S/C23H38N4O3/c1-18(2)17-24-13-15-25(16-14-24)21(28)20-7-6-10-27(20)19-8-11-26(12-9-19)22(29)30-23(3,4)5/h6-7,10,18-19H,8-9,11-17H2,1-5H3. The number of hydrogen-bond acceptors (Lipinski definition) is 4. The lowest BCUT2D eigenvalue weighted by molar-refractivity contribution is 0.0186. The summed E-state index contributed by atoms with van der Waals surface area (Å²) in [4.78, 5) is 31.7. The first-order chi connectivity index (χ1) is 14.1. The maximum absolute atomic E-state index is 13.2. The molecule has 0 spiro atoms. The summed E-state index contributed by atoms with van der Waals surface area (Å²) in [5, 5.41) is 0. The predicted octanol–water partition coefficient (Wildman–Crippen LogP) is 3.47. The Morgan fingerprint density at radius 2 is 1.67 bits per heavy atom. The van der Waals surface area contributed by atoms with Crippen LogP contribution in [0.25, 0.3) is 0 Å². The molecule has 7 heteroatoms. The molecule has 0 aromatic carbocycles. The van der Waals surface area contributed by atoms with Crippen molar-refractivity contribution >= 4 is 12.0 Å². The molecule has 1 aromatic heterocycles. The average Bonchev–Trinajstić information content (AvgIpc) is 3.16. The molecule has 0 saturated carbocycles. The Hall–Kier alpha value is -2.02. The second-order valence-corrected chi connectivity index (χ2v) is 9.99. The van der Waals surface area contributed by atoms with Crippen LogP contribution in [-0.2, 0) is 4.74 Å². The molecular weight excluding hydrogens is 380 g/mol. The van der Waals surface area contributed by atoms with E-state index in [1.807, 2.05) is 44.0 Å². The van der Waals surface area contributed by atoms with Gasteiger partial charge in [0.05, 0.1) is 0 Å². The molecule has 0 aliphatic carbocycles. The number of nitrogens with zero attached hydrogens (tertiary/aromatic N) is 4. The van der Waals surface area contributed by atoms with E-state index in [4.69, 9.17) is 4.74 Å². The SMILES string of the molecule is CC(C)CN1CCN(C(=O)c2cccn2C2CCN(C(=O)OC(C)(C)C)CC2)CC1. The van der Waals surface area contributed by atoms with Gasteiger partial charge in [0.25, 0.3) is 5.91 Å². The van der Waals surface area contributed by atoms with E-state index in [1.54, 1.807) is 4.90 Å². The molecule has 1 aromatic rings. The maximum atomic E-state index is 13.2. The Morgan fingerprint density at radius 3 is 2.23 bits per heavy atom. The van der Waals surface area contributed by atoms with Crippen molar-refractivity contribution in [3.63, 3.8) is 0 Å². The van der Waals surface area contributed by atoms with E-state index in [-0.39, 0.29) is 18.0 Å². The van der Waals surface area contributed by atoms with E-state index in [0.717, 1.165) is 51.3 Å². The molecule has 168 valence electrons. The molecule has 30 heavy (non-hydrogen) atoms. The average molecular weight is 419 g/mol. The van der Waals surface area contributed by atoms with Crippen molar-refractivity contribution in [2.45, 2.75) is 59.1 Å². The molecular formula is C23H38N4O3. The second-order valence-electron chi connectivity index (χ2n) is 9.99. The van der Waals surface area contributed by atoms with Gasteiger partial charge in [-0.25, -0.2) is 4.79 Å². The zero-order chi connectivity index (χ0) is 21.9. The van der Waals surface area contributed by atoms with Gasteiger partial charge in [0.2, 0.25) is 0 Å². The molecule has 0 N–H and O–H groups in total. The number of aromatic nitrogens is 1. The minimum Gasteiger partial charge on any atom is -0.444 e. The third kappa shape index (κ3) is 5.78. The van der Waals surface area contributed by atoms with Gasteiger partial charge in [-0.05, 0) is 51.7 Å². The summed E-state index contributed by atoms with van der Waals surface area (Å²) in [7, 11) is 0. The molecule has 0 atom stereocenters. The number of likely N-dealkylation sites (tertiary alicyclic amines) is 1. The van der Waals surface area contributed by atoms with Crippen LogP contribution in [0.5, 0.6) is 0 Å². The van der Waals surface area contributed by atoms with Gasteiger partial charge in [-0.3, -0.25) is 9.69 Å². The summed E-state index contributed by atoms with van der Waals surface area (Å²) < 4.78 is 7.61. The highest BCUT2D eigenvalue weighted by molar-refractivity contribution is 5.93. The smallest absolute Gasteiger partial charge is 0.410 e. The van der Waals surface area contributed by atoms with E-state index >= 15 is 0 Å². The van der Waals surface area contributed by atoms with Crippen LogP contribution in [0.3, 0.4) is 0 Å². The first-order valence-corrected chi connectivity index (χ1v) is 11.3. The highest BCUT2D eigenvalue weighted by Gasteiger charge is 2.30. The Balaban J connectivity index is 1.56. The fourth-order valence-electron chi connectivity index (χ4n) is 4.36. The first-order valence-electron chi connectivity index (χ1n) is 11.3. The van der Waals surface area contributed by atoms with Crippen LogP contribution in [0.1, 0.15) is 64.0 Å². The van der Waals surface area contributed by atoms with E-state index < -0.39 is 5.60 Å². The topological polar surface area (TPSA) is 58.0 Å². The van der Waals surface area contributed by atoms with Crippen LogP contribution in [0, 0.1) is 5.92 Å². The third-order valence-electron chi connectivity index (χ3n) is 5.79. The lowest BCUT2D eigenvalue weighted by Gasteiger charge is -2.37.